The maximum absolute atomic E-state index is 13.4. The van der Waals surface area contributed by atoms with Gasteiger partial charge in [0.2, 0.25) is 0 Å². The molecule has 1 aromatic carbocycles. The van der Waals surface area contributed by atoms with Gasteiger partial charge in [-0.1, -0.05) is 29.8 Å². The van der Waals surface area contributed by atoms with E-state index in [0.29, 0.717) is 13.1 Å². The average Bonchev–Trinajstić information content (AvgIpc) is 2.43. The number of halogens is 2. The lowest BCUT2D eigenvalue weighted by atomic mass is 10.1. The highest BCUT2D eigenvalue weighted by atomic mass is 35.5. The predicted octanol–water partition coefficient (Wildman–Crippen LogP) is 4.21. The van der Waals surface area contributed by atoms with Crippen LogP contribution in [0.2, 0.25) is 5.02 Å². The SMILES string of the molecule is CC(NC/C=C/CNC(=O)OC(C)(C)C)c1ccc(Cl)c(F)c1. The van der Waals surface area contributed by atoms with Gasteiger partial charge in [-0.15, -0.1) is 0 Å². The van der Waals surface area contributed by atoms with Gasteiger partial charge in [0.1, 0.15) is 11.4 Å². The summed E-state index contributed by atoms with van der Waals surface area (Å²) in [4.78, 5) is 11.4. The Balaban J connectivity index is 2.28. The van der Waals surface area contributed by atoms with Crippen molar-refractivity contribution in [1.29, 1.82) is 0 Å². The topological polar surface area (TPSA) is 50.4 Å². The van der Waals surface area contributed by atoms with Crippen molar-refractivity contribution in [2.45, 2.75) is 39.3 Å². The number of nitrogens with one attached hydrogen (secondary N) is 2. The zero-order valence-electron chi connectivity index (χ0n) is 14.0. The molecule has 0 radical (unpaired) electrons. The van der Waals surface area contributed by atoms with Crippen LogP contribution in [0.25, 0.3) is 0 Å². The second-order valence-corrected chi connectivity index (χ2v) is 6.56. The van der Waals surface area contributed by atoms with Crippen molar-refractivity contribution in [3.63, 3.8) is 0 Å². The van der Waals surface area contributed by atoms with E-state index in [1.165, 1.54) is 6.07 Å². The van der Waals surface area contributed by atoms with Crippen LogP contribution in [-0.2, 0) is 4.74 Å². The van der Waals surface area contributed by atoms with E-state index in [9.17, 15) is 9.18 Å². The van der Waals surface area contributed by atoms with Crippen LogP contribution >= 0.6 is 11.6 Å². The number of carbonyl (C=O) groups is 1. The molecule has 0 aliphatic heterocycles. The lowest BCUT2D eigenvalue weighted by molar-refractivity contribution is 0.0534. The minimum atomic E-state index is -0.501. The summed E-state index contributed by atoms with van der Waals surface area (Å²) in [5.41, 5.74) is 0.325. The van der Waals surface area contributed by atoms with E-state index in [2.05, 4.69) is 10.6 Å². The molecule has 0 aliphatic carbocycles. The quantitative estimate of drug-likeness (QED) is 0.761. The van der Waals surface area contributed by atoms with Crippen molar-refractivity contribution in [2.75, 3.05) is 13.1 Å². The summed E-state index contributed by atoms with van der Waals surface area (Å²) in [5, 5.41) is 5.98. The highest BCUT2D eigenvalue weighted by molar-refractivity contribution is 6.30. The van der Waals surface area contributed by atoms with Crippen LogP contribution in [-0.4, -0.2) is 24.8 Å². The van der Waals surface area contributed by atoms with Gasteiger partial charge in [-0.3, -0.25) is 0 Å². The Morgan fingerprint density at radius 3 is 2.61 bits per heavy atom. The first kappa shape index (κ1) is 19.5. The molecule has 1 aromatic rings. The van der Waals surface area contributed by atoms with Gasteiger partial charge in [0.25, 0.3) is 0 Å². The van der Waals surface area contributed by atoms with E-state index in [4.69, 9.17) is 16.3 Å². The number of benzene rings is 1. The Kier molecular flexibility index (Phi) is 7.52. The minimum Gasteiger partial charge on any atom is -0.444 e. The first-order valence-electron chi connectivity index (χ1n) is 7.49. The van der Waals surface area contributed by atoms with Gasteiger partial charge in [0.05, 0.1) is 5.02 Å². The molecule has 128 valence electrons. The fourth-order valence-electron chi connectivity index (χ4n) is 1.77. The molecular weight excluding hydrogens is 319 g/mol. The zero-order valence-corrected chi connectivity index (χ0v) is 14.7. The second kappa shape index (κ2) is 8.89. The van der Waals surface area contributed by atoms with Crippen LogP contribution in [0.5, 0.6) is 0 Å². The Morgan fingerprint density at radius 1 is 1.35 bits per heavy atom. The van der Waals surface area contributed by atoms with Gasteiger partial charge in [-0.2, -0.15) is 0 Å². The van der Waals surface area contributed by atoms with Crippen molar-refractivity contribution < 1.29 is 13.9 Å². The van der Waals surface area contributed by atoms with E-state index >= 15 is 0 Å². The van der Waals surface area contributed by atoms with Gasteiger partial charge in [-0.05, 0) is 45.4 Å². The summed E-state index contributed by atoms with van der Waals surface area (Å²) >= 11 is 5.66. The number of alkyl carbamates (subject to hydrolysis) is 1. The Morgan fingerprint density at radius 2 is 2.00 bits per heavy atom. The van der Waals surface area contributed by atoms with Gasteiger partial charge in [0, 0.05) is 19.1 Å². The molecule has 2 N–H and O–H groups in total. The Bertz CT molecular complexity index is 556. The van der Waals surface area contributed by atoms with Crippen molar-refractivity contribution >= 4 is 17.7 Å². The fourth-order valence-corrected chi connectivity index (χ4v) is 1.89. The first-order valence-corrected chi connectivity index (χ1v) is 7.87. The summed E-state index contributed by atoms with van der Waals surface area (Å²) in [6.07, 6.45) is 3.27. The van der Waals surface area contributed by atoms with Crippen LogP contribution in [0.4, 0.5) is 9.18 Å². The highest BCUT2D eigenvalue weighted by Crippen LogP contribution is 2.19. The van der Waals surface area contributed by atoms with Gasteiger partial charge in [0.15, 0.2) is 0 Å². The summed E-state index contributed by atoms with van der Waals surface area (Å²) in [7, 11) is 0. The minimum absolute atomic E-state index is 0.00904. The maximum atomic E-state index is 13.4. The van der Waals surface area contributed by atoms with Crippen molar-refractivity contribution in [1.82, 2.24) is 10.6 Å². The molecule has 1 amide bonds. The van der Waals surface area contributed by atoms with E-state index in [0.717, 1.165) is 5.56 Å². The molecule has 23 heavy (non-hydrogen) atoms. The fraction of sp³-hybridized carbons (Fsp3) is 0.471. The smallest absolute Gasteiger partial charge is 0.407 e. The summed E-state index contributed by atoms with van der Waals surface area (Å²) in [6, 6.07) is 4.75. The molecule has 1 atom stereocenters. The first-order chi connectivity index (χ1) is 10.7. The standard InChI is InChI=1S/C17H24ClFN2O2/c1-12(13-7-8-14(18)15(19)11-13)20-9-5-6-10-21-16(22)23-17(2,3)4/h5-8,11-12,20H,9-10H2,1-4H3,(H,21,22)/b6-5+. The number of hydrogen-bond donors (Lipinski definition) is 2. The molecule has 1 rings (SSSR count). The molecular formula is C17H24ClFN2O2. The predicted molar refractivity (Wildman–Crippen MR) is 91.2 cm³/mol. The number of hydrogen-bond acceptors (Lipinski definition) is 3. The molecule has 0 fully saturated rings. The third kappa shape index (κ3) is 8.00. The van der Waals surface area contributed by atoms with Crippen LogP contribution in [0.15, 0.2) is 30.4 Å². The van der Waals surface area contributed by atoms with Crippen LogP contribution in [0.1, 0.15) is 39.3 Å². The molecule has 6 heteroatoms. The van der Waals surface area contributed by atoms with Crippen molar-refractivity contribution in [3.05, 3.63) is 46.8 Å². The zero-order chi connectivity index (χ0) is 17.5. The van der Waals surface area contributed by atoms with Crippen molar-refractivity contribution in [3.8, 4) is 0 Å². The van der Waals surface area contributed by atoms with Gasteiger partial charge < -0.3 is 15.4 Å². The molecule has 0 heterocycles. The molecule has 0 saturated heterocycles. The van der Waals surface area contributed by atoms with E-state index in [1.54, 1.807) is 12.1 Å². The normalized spacial score (nSPS) is 13.1. The Labute approximate surface area is 142 Å². The van der Waals surface area contributed by atoms with Gasteiger partial charge >= 0.3 is 6.09 Å². The summed E-state index contributed by atoms with van der Waals surface area (Å²) in [6.45, 7) is 8.37. The third-order valence-electron chi connectivity index (χ3n) is 2.92. The average molecular weight is 343 g/mol. The molecule has 0 saturated carbocycles. The molecule has 4 nitrogen and oxygen atoms in total. The molecule has 0 aliphatic rings. The van der Waals surface area contributed by atoms with Crippen molar-refractivity contribution in [2.24, 2.45) is 0 Å². The summed E-state index contributed by atoms with van der Waals surface area (Å²) < 4.78 is 18.5. The molecule has 0 spiro atoms. The third-order valence-corrected chi connectivity index (χ3v) is 3.22. The van der Waals surface area contributed by atoms with Gasteiger partial charge in [-0.25, -0.2) is 9.18 Å². The highest BCUT2D eigenvalue weighted by Gasteiger charge is 2.14. The lowest BCUT2D eigenvalue weighted by Gasteiger charge is -2.19. The second-order valence-electron chi connectivity index (χ2n) is 6.16. The monoisotopic (exact) mass is 342 g/mol. The van der Waals surface area contributed by atoms with Crippen LogP contribution in [0.3, 0.4) is 0 Å². The Hall–Kier alpha value is -1.59. The maximum Gasteiger partial charge on any atom is 0.407 e. The lowest BCUT2D eigenvalue weighted by Crippen LogP contribution is -2.32. The van der Waals surface area contributed by atoms with E-state index in [1.807, 2.05) is 39.8 Å². The summed E-state index contributed by atoms with van der Waals surface area (Å²) in [5.74, 6) is -0.421. The van der Waals surface area contributed by atoms with E-state index in [-0.39, 0.29) is 11.1 Å². The van der Waals surface area contributed by atoms with E-state index < -0.39 is 17.5 Å². The molecule has 1 unspecified atom stereocenters. The molecule has 0 aromatic heterocycles. The number of carbonyl (C=O) groups excluding carboxylic acids is 1. The number of rotatable bonds is 6. The van der Waals surface area contributed by atoms with Crippen LogP contribution < -0.4 is 10.6 Å². The largest absolute Gasteiger partial charge is 0.444 e. The number of amides is 1. The molecule has 0 bridgehead atoms. The number of ether oxygens (including phenoxy) is 1. The van der Waals surface area contributed by atoms with Crippen LogP contribution in [0, 0.1) is 5.82 Å².